The van der Waals surface area contributed by atoms with Crippen molar-refractivity contribution >= 4 is 12.0 Å². The Labute approximate surface area is 132 Å². The highest BCUT2D eigenvalue weighted by molar-refractivity contribution is 5.67. The molecule has 1 fully saturated rings. The minimum absolute atomic E-state index is 0.353. The molecule has 1 aromatic heterocycles. The van der Waals surface area contributed by atoms with Crippen LogP contribution in [0.3, 0.4) is 0 Å². The van der Waals surface area contributed by atoms with E-state index >= 15 is 0 Å². The maximum atomic E-state index is 11.7. The Morgan fingerprint density at radius 1 is 1.36 bits per heavy atom. The molecule has 1 N–H and O–H groups in total. The van der Waals surface area contributed by atoms with Crippen LogP contribution in [0.4, 0.5) is 10.7 Å². The second-order valence-electron chi connectivity index (χ2n) is 6.93. The first kappa shape index (κ1) is 16.5. The molecule has 1 aliphatic rings. The molecule has 0 aliphatic carbocycles. The van der Waals surface area contributed by atoms with Gasteiger partial charge in [-0.05, 0) is 53.0 Å². The molecule has 0 saturated carbocycles. The Morgan fingerprint density at radius 3 is 2.59 bits per heavy atom. The average Bonchev–Trinajstić information content (AvgIpc) is 2.82. The number of hydrogen-bond acceptors (Lipinski definition) is 5. The Balaban J connectivity index is 1.84. The first-order valence-electron chi connectivity index (χ1n) is 7.77. The van der Waals surface area contributed by atoms with Gasteiger partial charge < -0.3 is 15.0 Å². The van der Waals surface area contributed by atoms with Gasteiger partial charge in [0.05, 0.1) is 0 Å². The Morgan fingerprint density at radius 2 is 2.00 bits per heavy atom. The molecule has 6 nitrogen and oxygen atoms in total. The first-order chi connectivity index (χ1) is 10.2. The highest BCUT2D eigenvalue weighted by Crippen LogP contribution is 2.21. The number of hydrogen-bond donors (Lipinski definition) is 1. The third kappa shape index (κ3) is 4.86. The molecule has 2 rings (SSSR count). The monoisotopic (exact) mass is 306 g/mol. The standard InChI is InChI=1S/C16H26N4O2/c1-11-8-12(2)19-14(18-11)20-7-6-13(10-20)9-17-15(21)22-16(3,4)5/h8,13H,6-7,9-10H2,1-5H3,(H,17,21)/t13-/m1/s1. The van der Waals surface area contributed by atoms with Crippen LogP contribution in [0, 0.1) is 19.8 Å². The van der Waals surface area contributed by atoms with E-state index in [9.17, 15) is 4.79 Å². The topological polar surface area (TPSA) is 67.4 Å². The predicted molar refractivity (Wildman–Crippen MR) is 86.1 cm³/mol. The van der Waals surface area contributed by atoms with Crippen LogP contribution >= 0.6 is 0 Å². The summed E-state index contributed by atoms with van der Waals surface area (Å²) in [5.74, 6) is 1.19. The molecule has 0 aromatic carbocycles. The molecule has 1 aliphatic heterocycles. The summed E-state index contributed by atoms with van der Waals surface area (Å²) in [5, 5.41) is 2.85. The third-order valence-electron chi connectivity index (χ3n) is 3.47. The molecule has 1 atom stereocenters. The zero-order chi connectivity index (χ0) is 16.3. The molecule has 0 spiro atoms. The van der Waals surface area contributed by atoms with Crippen molar-refractivity contribution in [3.05, 3.63) is 17.5 Å². The number of rotatable bonds is 3. The van der Waals surface area contributed by atoms with Crippen LogP contribution in [0.2, 0.25) is 0 Å². The van der Waals surface area contributed by atoms with Crippen LogP contribution in [0.15, 0.2) is 6.07 Å². The normalized spacial score (nSPS) is 18.4. The van der Waals surface area contributed by atoms with Crippen LogP contribution in [0.1, 0.15) is 38.6 Å². The first-order valence-corrected chi connectivity index (χ1v) is 7.77. The fourth-order valence-electron chi connectivity index (χ4n) is 2.57. The van der Waals surface area contributed by atoms with Crippen molar-refractivity contribution < 1.29 is 9.53 Å². The lowest BCUT2D eigenvalue weighted by atomic mass is 10.1. The maximum Gasteiger partial charge on any atom is 0.407 e. The number of nitrogens with one attached hydrogen (secondary N) is 1. The summed E-state index contributed by atoms with van der Waals surface area (Å²) in [5.41, 5.74) is 1.51. The molecule has 122 valence electrons. The Hall–Kier alpha value is -1.85. The van der Waals surface area contributed by atoms with Gasteiger partial charge in [0.25, 0.3) is 0 Å². The quantitative estimate of drug-likeness (QED) is 0.929. The molecule has 2 heterocycles. The highest BCUT2D eigenvalue weighted by atomic mass is 16.6. The van der Waals surface area contributed by atoms with Gasteiger partial charge in [-0.25, -0.2) is 14.8 Å². The van der Waals surface area contributed by atoms with Gasteiger partial charge >= 0.3 is 6.09 Å². The van der Waals surface area contributed by atoms with Crippen LogP contribution in [0.5, 0.6) is 0 Å². The molecule has 0 bridgehead atoms. The summed E-state index contributed by atoms with van der Waals surface area (Å²) in [4.78, 5) is 22.9. The largest absolute Gasteiger partial charge is 0.444 e. The summed E-state index contributed by atoms with van der Waals surface area (Å²) < 4.78 is 5.25. The smallest absolute Gasteiger partial charge is 0.407 e. The van der Waals surface area contributed by atoms with Gasteiger partial charge in [0, 0.05) is 31.0 Å². The summed E-state index contributed by atoms with van der Waals surface area (Å²) in [6, 6.07) is 1.97. The zero-order valence-electron chi connectivity index (χ0n) is 14.1. The Kier molecular flexibility index (Phi) is 4.88. The van der Waals surface area contributed by atoms with Gasteiger partial charge in [0.2, 0.25) is 5.95 Å². The SMILES string of the molecule is Cc1cc(C)nc(N2CC[C@H](CNC(=O)OC(C)(C)C)C2)n1. The molecule has 1 aromatic rings. The number of anilines is 1. The predicted octanol–water partition coefficient (Wildman–Crippen LogP) is 2.44. The number of aryl methyl sites for hydroxylation is 2. The molecule has 0 radical (unpaired) electrons. The lowest BCUT2D eigenvalue weighted by Gasteiger charge is -2.21. The van der Waals surface area contributed by atoms with E-state index in [-0.39, 0.29) is 6.09 Å². The molecule has 6 heteroatoms. The van der Waals surface area contributed by atoms with Crippen LogP contribution in [-0.4, -0.2) is 41.3 Å². The average molecular weight is 306 g/mol. The van der Waals surface area contributed by atoms with E-state index in [0.717, 1.165) is 36.8 Å². The van der Waals surface area contributed by atoms with Gasteiger partial charge in [-0.3, -0.25) is 0 Å². The lowest BCUT2D eigenvalue weighted by molar-refractivity contribution is 0.0520. The third-order valence-corrected chi connectivity index (χ3v) is 3.47. The van der Waals surface area contributed by atoms with E-state index in [4.69, 9.17) is 4.74 Å². The fraction of sp³-hybridized carbons (Fsp3) is 0.688. The molecule has 1 amide bonds. The minimum atomic E-state index is -0.460. The molecule has 0 unspecified atom stereocenters. The summed E-state index contributed by atoms with van der Waals surface area (Å²) in [6.07, 6.45) is 0.667. The molecular formula is C16H26N4O2. The fourth-order valence-corrected chi connectivity index (χ4v) is 2.57. The van der Waals surface area contributed by atoms with Crippen molar-refractivity contribution in [1.29, 1.82) is 0 Å². The van der Waals surface area contributed by atoms with Crippen molar-refractivity contribution in [2.24, 2.45) is 5.92 Å². The zero-order valence-corrected chi connectivity index (χ0v) is 14.1. The highest BCUT2D eigenvalue weighted by Gasteiger charge is 2.25. The minimum Gasteiger partial charge on any atom is -0.444 e. The number of alkyl carbamates (subject to hydrolysis) is 1. The van der Waals surface area contributed by atoms with Gasteiger partial charge in [0.1, 0.15) is 5.60 Å². The van der Waals surface area contributed by atoms with Gasteiger partial charge in [-0.2, -0.15) is 0 Å². The van der Waals surface area contributed by atoms with Crippen molar-refractivity contribution in [3.8, 4) is 0 Å². The number of nitrogens with zero attached hydrogens (tertiary/aromatic N) is 3. The van der Waals surface area contributed by atoms with E-state index in [1.165, 1.54) is 0 Å². The van der Waals surface area contributed by atoms with E-state index in [1.807, 2.05) is 40.7 Å². The van der Waals surface area contributed by atoms with Gasteiger partial charge in [0.15, 0.2) is 0 Å². The van der Waals surface area contributed by atoms with E-state index in [2.05, 4.69) is 20.2 Å². The number of amides is 1. The number of aromatic nitrogens is 2. The van der Waals surface area contributed by atoms with Crippen molar-refractivity contribution in [2.75, 3.05) is 24.5 Å². The second-order valence-corrected chi connectivity index (χ2v) is 6.93. The van der Waals surface area contributed by atoms with Crippen LogP contribution in [0.25, 0.3) is 0 Å². The molecule has 1 saturated heterocycles. The summed E-state index contributed by atoms with van der Waals surface area (Å²) >= 11 is 0. The van der Waals surface area contributed by atoms with Crippen molar-refractivity contribution in [1.82, 2.24) is 15.3 Å². The van der Waals surface area contributed by atoms with Crippen molar-refractivity contribution in [3.63, 3.8) is 0 Å². The van der Waals surface area contributed by atoms with Crippen LogP contribution < -0.4 is 10.2 Å². The number of carbonyl (C=O) groups is 1. The Bertz CT molecular complexity index is 519. The van der Waals surface area contributed by atoms with Crippen LogP contribution in [-0.2, 0) is 4.74 Å². The maximum absolute atomic E-state index is 11.7. The van der Waals surface area contributed by atoms with Gasteiger partial charge in [-0.15, -0.1) is 0 Å². The summed E-state index contributed by atoms with van der Waals surface area (Å²) in [7, 11) is 0. The molecular weight excluding hydrogens is 280 g/mol. The lowest BCUT2D eigenvalue weighted by Crippen LogP contribution is -2.36. The van der Waals surface area contributed by atoms with E-state index in [1.54, 1.807) is 0 Å². The molecule has 22 heavy (non-hydrogen) atoms. The summed E-state index contributed by atoms with van der Waals surface area (Å²) in [6.45, 7) is 12.0. The van der Waals surface area contributed by atoms with E-state index in [0.29, 0.717) is 12.5 Å². The second kappa shape index (κ2) is 6.50. The van der Waals surface area contributed by atoms with Gasteiger partial charge in [-0.1, -0.05) is 0 Å². The van der Waals surface area contributed by atoms with Crippen molar-refractivity contribution in [2.45, 2.75) is 46.6 Å². The van der Waals surface area contributed by atoms with E-state index < -0.39 is 5.60 Å². The number of carbonyl (C=O) groups excluding carboxylic acids is 1. The number of ether oxygens (including phenoxy) is 1.